The van der Waals surface area contributed by atoms with Gasteiger partial charge < -0.3 is 9.90 Å². The summed E-state index contributed by atoms with van der Waals surface area (Å²) in [7, 11) is 0. The first-order valence-electron chi connectivity index (χ1n) is 10.5. The molecule has 2 amide bonds. The van der Waals surface area contributed by atoms with Gasteiger partial charge in [0.2, 0.25) is 11.8 Å². The van der Waals surface area contributed by atoms with E-state index in [1.165, 1.54) is 11.0 Å². The van der Waals surface area contributed by atoms with E-state index in [2.05, 4.69) is 11.9 Å². The van der Waals surface area contributed by atoms with Gasteiger partial charge in [0.05, 0.1) is 34.7 Å². The van der Waals surface area contributed by atoms with Gasteiger partial charge >= 0.3 is 0 Å². The highest BCUT2D eigenvalue weighted by Crippen LogP contribution is 2.42. The third kappa shape index (κ3) is 3.19. The van der Waals surface area contributed by atoms with Crippen LogP contribution in [0.3, 0.4) is 0 Å². The molecule has 2 aromatic carbocycles. The third-order valence-electron chi connectivity index (χ3n) is 6.52. The molecule has 0 spiro atoms. The summed E-state index contributed by atoms with van der Waals surface area (Å²) in [5.74, 6) is -1.60. The van der Waals surface area contributed by atoms with Crippen LogP contribution in [0, 0.1) is 17.8 Å². The molecule has 2 aliphatic rings. The summed E-state index contributed by atoms with van der Waals surface area (Å²) in [4.78, 5) is 43.7. The lowest BCUT2D eigenvalue weighted by Gasteiger charge is -2.25. The maximum Gasteiger partial charge on any atom is 0.237 e. The highest BCUT2D eigenvalue weighted by molar-refractivity contribution is 6.22. The average molecular weight is 413 g/mol. The number of fused-ring (bicyclic) bond motifs is 2. The second-order valence-electron chi connectivity index (χ2n) is 8.55. The van der Waals surface area contributed by atoms with Gasteiger partial charge in [-0.05, 0) is 49.4 Å². The zero-order chi connectivity index (χ0) is 21.7. The summed E-state index contributed by atoms with van der Waals surface area (Å²) in [5.41, 5.74) is 2.18. The summed E-state index contributed by atoms with van der Waals surface area (Å²) in [6, 6.07) is 15.5. The molecule has 156 valence electrons. The summed E-state index contributed by atoms with van der Waals surface area (Å²) in [5, 5.41) is 12.2. The number of imide groups is 1. The SMILES string of the molecule is C[C@@H]1CC[C@H]2C(=O)N(c3cccc(-c4cc(C(=O)[O-])c5ccccc5n4)c3)C(=O)[C@@H]2C1. The van der Waals surface area contributed by atoms with Gasteiger partial charge in [-0.3, -0.25) is 14.5 Å². The Kier molecular flexibility index (Phi) is 4.58. The lowest BCUT2D eigenvalue weighted by Crippen LogP contribution is -2.30. The van der Waals surface area contributed by atoms with Crippen molar-refractivity contribution < 1.29 is 19.5 Å². The van der Waals surface area contributed by atoms with E-state index in [0.717, 1.165) is 19.3 Å². The van der Waals surface area contributed by atoms with Gasteiger partial charge in [-0.1, -0.05) is 37.3 Å². The van der Waals surface area contributed by atoms with Crippen molar-refractivity contribution in [3.05, 3.63) is 60.2 Å². The predicted octanol–water partition coefficient (Wildman–Crippen LogP) is 3.19. The number of aromatic carboxylic acids is 1. The molecule has 5 rings (SSSR count). The lowest BCUT2D eigenvalue weighted by atomic mass is 9.76. The number of rotatable bonds is 3. The van der Waals surface area contributed by atoms with E-state index < -0.39 is 5.97 Å². The summed E-state index contributed by atoms with van der Waals surface area (Å²) in [6.45, 7) is 2.12. The van der Waals surface area contributed by atoms with Crippen LogP contribution in [0.5, 0.6) is 0 Å². The Morgan fingerprint density at radius 2 is 1.77 bits per heavy atom. The fourth-order valence-electron chi connectivity index (χ4n) is 4.94. The fourth-order valence-corrected chi connectivity index (χ4v) is 4.94. The van der Waals surface area contributed by atoms with Crippen LogP contribution in [0.2, 0.25) is 0 Å². The molecule has 2 heterocycles. The number of pyridine rings is 1. The van der Waals surface area contributed by atoms with Crippen LogP contribution in [0.4, 0.5) is 5.69 Å². The molecule has 1 aliphatic carbocycles. The molecule has 6 nitrogen and oxygen atoms in total. The minimum Gasteiger partial charge on any atom is -0.545 e. The van der Waals surface area contributed by atoms with E-state index in [0.29, 0.717) is 33.8 Å². The normalized spacial score (nSPS) is 23.3. The van der Waals surface area contributed by atoms with E-state index in [4.69, 9.17) is 0 Å². The molecule has 3 aromatic rings. The van der Waals surface area contributed by atoms with Crippen molar-refractivity contribution in [1.29, 1.82) is 0 Å². The first-order valence-corrected chi connectivity index (χ1v) is 10.5. The number of carboxylic acid groups (broad SMARTS) is 1. The van der Waals surface area contributed by atoms with Crippen LogP contribution in [-0.2, 0) is 9.59 Å². The molecular formula is C25H21N2O4-. The topological polar surface area (TPSA) is 90.4 Å². The quantitative estimate of drug-likeness (QED) is 0.615. The Balaban J connectivity index is 1.57. The predicted molar refractivity (Wildman–Crippen MR) is 114 cm³/mol. The molecule has 2 fully saturated rings. The fraction of sp³-hybridized carbons (Fsp3) is 0.280. The molecule has 1 saturated carbocycles. The highest BCUT2D eigenvalue weighted by Gasteiger charge is 2.49. The number of aromatic nitrogens is 1. The number of benzene rings is 2. The Morgan fingerprint density at radius 3 is 2.58 bits per heavy atom. The number of hydrogen-bond donors (Lipinski definition) is 0. The smallest absolute Gasteiger partial charge is 0.237 e. The lowest BCUT2D eigenvalue weighted by molar-refractivity contribution is -0.254. The van der Waals surface area contributed by atoms with E-state index in [1.807, 2.05) is 0 Å². The Morgan fingerprint density at radius 1 is 1.00 bits per heavy atom. The number of anilines is 1. The third-order valence-corrected chi connectivity index (χ3v) is 6.52. The second-order valence-corrected chi connectivity index (χ2v) is 8.55. The van der Waals surface area contributed by atoms with Crippen LogP contribution in [0.15, 0.2) is 54.6 Å². The summed E-state index contributed by atoms with van der Waals surface area (Å²) < 4.78 is 0. The van der Waals surface area contributed by atoms with Crippen LogP contribution in [0.25, 0.3) is 22.2 Å². The standard InChI is InChI=1S/C25H22N2O4/c1-14-9-10-18-19(11-14)24(29)27(23(18)28)16-6-4-5-15(12-16)22-13-20(25(30)31)17-7-2-3-8-21(17)26-22/h2-8,12-14,18-19H,9-11H2,1H3,(H,30,31)/p-1/t14-,18-,19-/m1/s1. The molecule has 1 aliphatic heterocycles. The molecule has 0 unspecified atom stereocenters. The minimum atomic E-state index is -1.28. The second kappa shape index (κ2) is 7.30. The van der Waals surface area contributed by atoms with Crippen molar-refractivity contribution in [1.82, 2.24) is 4.98 Å². The molecule has 3 atom stereocenters. The number of para-hydroxylation sites is 1. The molecular weight excluding hydrogens is 392 g/mol. The summed E-state index contributed by atoms with van der Waals surface area (Å²) >= 11 is 0. The van der Waals surface area contributed by atoms with Gasteiger partial charge in [0.1, 0.15) is 0 Å². The number of amides is 2. The first kappa shape index (κ1) is 19.4. The van der Waals surface area contributed by atoms with Crippen LogP contribution in [0.1, 0.15) is 36.5 Å². The zero-order valence-electron chi connectivity index (χ0n) is 17.1. The number of nitrogens with zero attached hydrogens (tertiary/aromatic N) is 2. The van der Waals surface area contributed by atoms with E-state index in [-0.39, 0.29) is 29.2 Å². The van der Waals surface area contributed by atoms with Gasteiger partial charge in [-0.15, -0.1) is 0 Å². The average Bonchev–Trinajstić information content (AvgIpc) is 3.02. The van der Waals surface area contributed by atoms with Crippen LogP contribution >= 0.6 is 0 Å². The monoisotopic (exact) mass is 413 g/mol. The molecule has 1 saturated heterocycles. The molecule has 6 heteroatoms. The van der Waals surface area contributed by atoms with Gasteiger partial charge in [0.15, 0.2) is 0 Å². The number of carbonyl (C=O) groups is 3. The zero-order valence-corrected chi connectivity index (χ0v) is 17.1. The van der Waals surface area contributed by atoms with Gasteiger partial charge in [0.25, 0.3) is 0 Å². The van der Waals surface area contributed by atoms with Gasteiger partial charge in [-0.25, -0.2) is 4.98 Å². The van der Waals surface area contributed by atoms with Crippen molar-refractivity contribution in [2.75, 3.05) is 4.90 Å². The Bertz CT molecular complexity index is 1240. The van der Waals surface area contributed by atoms with Crippen LogP contribution in [-0.4, -0.2) is 22.8 Å². The maximum atomic E-state index is 13.1. The molecule has 1 aromatic heterocycles. The van der Waals surface area contributed by atoms with Gasteiger partial charge in [-0.2, -0.15) is 0 Å². The maximum absolute atomic E-state index is 13.1. The van der Waals surface area contributed by atoms with E-state index >= 15 is 0 Å². The van der Waals surface area contributed by atoms with E-state index in [9.17, 15) is 19.5 Å². The molecule has 0 N–H and O–H groups in total. The Hall–Kier alpha value is -3.54. The van der Waals surface area contributed by atoms with Crippen molar-refractivity contribution in [3.63, 3.8) is 0 Å². The van der Waals surface area contributed by atoms with E-state index in [1.54, 1.807) is 48.5 Å². The van der Waals surface area contributed by atoms with Crippen molar-refractivity contribution >= 4 is 34.4 Å². The summed E-state index contributed by atoms with van der Waals surface area (Å²) in [6.07, 6.45) is 2.45. The first-order chi connectivity index (χ1) is 14.9. The molecule has 0 bridgehead atoms. The Labute approximate surface area is 179 Å². The largest absolute Gasteiger partial charge is 0.545 e. The molecule has 31 heavy (non-hydrogen) atoms. The number of hydrogen-bond acceptors (Lipinski definition) is 5. The van der Waals surface area contributed by atoms with Crippen molar-refractivity contribution in [3.8, 4) is 11.3 Å². The number of carbonyl (C=O) groups excluding carboxylic acids is 3. The van der Waals surface area contributed by atoms with Crippen molar-refractivity contribution in [2.45, 2.75) is 26.2 Å². The minimum absolute atomic E-state index is 0.0549. The van der Waals surface area contributed by atoms with Crippen molar-refractivity contribution in [2.24, 2.45) is 17.8 Å². The highest BCUT2D eigenvalue weighted by atomic mass is 16.4. The van der Waals surface area contributed by atoms with Gasteiger partial charge in [0, 0.05) is 16.5 Å². The number of carboxylic acids is 1. The molecule has 0 radical (unpaired) electrons. The van der Waals surface area contributed by atoms with Crippen LogP contribution < -0.4 is 10.0 Å².